The second kappa shape index (κ2) is 61.6. The quantitative estimate of drug-likeness (QED) is 0.00619. The largest absolute Gasteiger partial charge is 1.00 e. The van der Waals surface area contributed by atoms with E-state index in [0.717, 1.165) is 42.3 Å². The fourth-order valence-corrected chi connectivity index (χ4v) is 11.5. The van der Waals surface area contributed by atoms with Crippen molar-refractivity contribution in [3.05, 3.63) is 236 Å². The average Bonchev–Trinajstić information content (AvgIpc) is 1.73. The number of nitro groups is 8. The molecule has 0 bridgehead atoms. The van der Waals surface area contributed by atoms with Crippen LogP contribution in [0.5, 0.6) is 0 Å². The molecule has 8 aromatic rings. The minimum Gasteiger partial charge on any atom is -0.358 e. The van der Waals surface area contributed by atoms with E-state index in [1.54, 1.807) is 29.1 Å². The summed E-state index contributed by atoms with van der Waals surface area (Å²) in [6.45, 7) is 57.9. The van der Waals surface area contributed by atoms with E-state index in [9.17, 15) is 80.9 Å². The first-order chi connectivity index (χ1) is 55.1. The van der Waals surface area contributed by atoms with Crippen molar-refractivity contribution >= 4 is 164 Å². The van der Waals surface area contributed by atoms with E-state index in [2.05, 4.69) is 197 Å². The molecular weight excluding hydrogens is 1950 g/mol. The molecule has 0 aromatic carbocycles. The van der Waals surface area contributed by atoms with Crippen molar-refractivity contribution in [2.75, 3.05) is 31.8 Å². The van der Waals surface area contributed by atoms with Crippen LogP contribution in [-0.2, 0) is 52.4 Å². The van der Waals surface area contributed by atoms with E-state index in [1.807, 2.05) is 58.2 Å². The van der Waals surface area contributed by atoms with Crippen molar-refractivity contribution in [1.29, 1.82) is 0 Å². The Morgan fingerprint density at radius 1 is 0.429 bits per heavy atom. The third kappa shape index (κ3) is 55.0. The SMILES string of the molecule is C=CC.C=CCCBr.C=CCCn1nc([N+](=O)[O-])cc1C=C.C=Cc1cc([N+](=O)[O-])[nH]n1.C=Cc1cc([N+](=O)[O-])[nH]n1.C=Cc1cc([N+](=O)[O-])nn1COCC[Si](C)(C)C.C[Si](C)(C)CCOCn1ccc([N+](=O)[O-])n1.C[Si](C)(C)CCOCn1nc([N+](=O)[O-])cc1I.C[Si](C)(C)CCOCn1nc([N+](=O)[O-])cc1I.O=[N+]([O-])c1ccn[nH]1.[K+]. The van der Waals surface area contributed by atoms with Gasteiger partial charge < -0.3 is 99.9 Å². The number of alkyl halides is 1. The van der Waals surface area contributed by atoms with Crippen LogP contribution in [0.3, 0.4) is 0 Å². The van der Waals surface area contributed by atoms with Gasteiger partial charge in [-0.1, -0.05) is 154 Å². The Kier molecular flexibility index (Phi) is 59.3. The summed E-state index contributed by atoms with van der Waals surface area (Å²) >= 11 is 7.25. The van der Waals surface area contributed by atoms with Gasteiger partial charge in [0, 0.05) is 64.1 Å². The number of hydrogen-bond acceptors (Lipinski definition) is 28. The number of ether oxygens (including phenoxy) is 4. The number of nitrogens with one attached hydrogen (secondary N) is 3. The van der Waals surface area contributed by atoms with Gasteiger partial charge in [-0.15, -0.1) is 49.1 Å². The van der Waals surface area contributed by atoms with Gasteiger partial charge >= 0.3 is 97.9 Å². The van der Waals surface area contributed by atoms with E-state index in [-0.39, 0.29) is 125 Å². The number of aromatic nitrogens is 16. The normalized spacial score (nSPS) is 10.4. The maximum atomic E-state index is 10.6. The number of aromatic amines is 3. The monoisotopic (exact) mass is 2050 g/mol. The fourth-order valence-electron chi connectivity index (χ4n) is 7.08. The molecule has 0 radical (unpaired) electrons. The van der Waals surface area contributed by atoms with Gasteiger partial charge in [-0.05, 0) is 153 Å². The zero-order chi connectivity index (χ0) is 90.5. The minimum atomic E-state index is -1.11. The number of allylic oxidation sites excluding steroid dienone is 3. The van der Waals surface area contributed by atoms with Gasteiger partial charge in [-0.3, -0.25) is 0 Å². The van der Waals surface area contributed by atoms with Gasteiger partial charge in [0.05, 0.1) is 104 Å². The van der Waals surface area contributed by atoms with Crippen LogP contribution in [0.4, 0.5) is 46.5 Å². The molecule has 0 amide bonds. The average molecular weight is 2050 g/mol. The molecule has 0 spiro atoms. The maximum absolute atomic E-state index is 10.6. The number of halogens is 3. The molecule has 44 nitrogen and oxygen atoms in total. The molecule has 0 aliphatic carbocycles. The predicted octanol–water partition coefficient (Wildman–Crippen LogP) is 14.7. The Labute approximate surface area is 769 Å². The molecule has 0 unspecified atom stereocenters. The number of rotatable bonds is 37. The van der Waals surface area contributed by atoms with Gasteiger partial charge in [0.1, 0.15) is 18.8 Å². The van der Waals surface area contributed by atoms with Crippen LogP contribution in [0, 0.1) is 88.3 Å². The number of nitrogens with zero attached hydrogens (tertiary/aromatic N) is 21. The number of hydrogen-bond donors (Lipinski definition) is 3. The Morgan fingerprint density at radius 3 is 1.01 bits per heavy atom. The Morgan fingerprint density at radius 2 is 0.756 bits per heavy atom. The molecule has 8 heterocycles. The molecule has 0 saturated heterocycles. The van der Waals surface area contributed by atoms with Gasteiger partial charge in [0.15, 0.2) is 26.9 Å². The molecular formula is C67H105BrI2KN24O20Si4+. The molecule has 0 fully saturated rings. The van der Waals surface area contributed by atoms with Crippen LogP contribution in [0.1, 0.15) is 42.5 Å². The van der Waals surface area contributed by atoms with Crippen LogP contribution in [0.2, 0.25) is 103 Å². The van der Waals surface area contributed by atoms with E-state index >= 15 is 0 Å². The fraction of sp³-hybridized carbons (Fsp3) is 0.433. The van der Waals surface area contributed by atoms with Crippen molar-refractivity contribution in [3.8, 4) is 0 Å². The zero-order valence-electron chi connectivity index (χ0n) is 69.3. The van der Waals surface area contributed by atoms with Crippen LogP contribution < -0.4 is 51.4 Å². The zero-order valence-corrected chi connectivity index (χ0v) is 82.3. The second-order valence-electron chi connectivity index (χ2n) is 28.3. The van der Waals surface area contributed by atoms with Crippen molar-refractivity contribution in [2.45, 2.75) is 156 Å². The van der Waals surface area contributed by atoms with Crippen LogP contribution in [0.15, 0.2) is 125 Å². The predicted molar refractivity (Wildman–Crippen MR) is 482 cm³/mol. The van der Waals surface area contributed by atoms with E-state index in [0.29, 0.717) is 63.1 Å². The third-order valence-electron chi connectivity index (χ3n) is 13.4. The number of H-pyrrole nitrogens is 3. The Bertz CT molecular complexity index is 4320. The van der Waals surface area contributed by atoms with Gasteiger partial charge in [-0.2, -0.15) is 9.36 Å². The topological polar surface area (TPSA) is 557 Å². The molecule has 8 aromatic heterocycles. The maximum Gasteiger partial charge on any atom is 1.00 e. The molecule has 52 heteroatoms. The minimum absolute atomic E-state index is 0. The summed E-state index contributed by atoms with van der Waals surface area (Å²) in [5.74, 6) is -1.06. The smallest absolute Gasteiger partial charge is 0.358 e. The first-order valence-corrected chi connectivity index (χ1v) is 53.3. The summed E-state index contributed by atoms with van der Waals surface area (Å²) in [6, 6.07) is 15.2. The Balaban J connectivity index is -0.00000129. The van der Waals surface area contributed by atoms with Gasteiger partial charge in [-0.25, -0.2) is 0 Å². The van der Waals surface area contributed by atoms with Gasteiger partial charge in [0.2, 0.25) is 0 Å². The molecule has 0 atom stereocenters. The first-order valence-electron chi connectivity index (χ1n) is 35.2. The van der Waals surface area contributed by atoms with Crippen LogP contribution >= 0.6 is 61.1 Å². The van der Waals surface area contributed by atoms with Crippen molar-refractivity contribution in [1.82, 2.24) is 79.5 Å². The summed E-state index contributed by atoms with van der Waals surface area (Å²) in [6.07, 6.45) is 16.0. The molecule has 650 valence electrons. The summed E-state index contributed by atoms with van der Waals surface area (Å²) in [7, 11) is -4.36. The standard InChI is InChI=1S/C11H19N3O3Si.2C9H16IN3O3Si.C9H17N3O3Si.C9H11N3O2.2C5H5N3O2.C4H7Br.C3H3N3O2.C3H6.K/c1-5-10-8-11(14(15)16)12-13(10)9-17-6-7-18(2,3)4;2*1-17(2,3)5-4-16-7-12-8(10)6-9(11-12)13(14)15;1-16(2,3)7-6-15-8-11-5-4-9(10-11)12(13)14;1-3-5-6-11-8(4-2)7-9(10-11)12(13)14;2*1-2-4-3-5(7-6-4)8(9)10;1-2-3-4-5;7-6(8)3-1-2-4-5-3;1-3-2;/h5,8H,1,6-7,9H2,2-4H3;2*6H,4-5,7H2,1-3H3;4-5H,6-8H2,1-3H3;3-4,7H,1-2,5-6H2;2*2-3H,1H2,(H,6,7);2H,1,3-4H2;1-2H,(H,4,5);3H,1H2,2H3;/q;;;;;;;;;;+1. The third-order valence-corrected chi connectivity index (χ3v) is 22.4. The summed E-state index contributed by atoms with van der Waals surface area (Å²) < 4.78 is 30.7. The first kappa shape index (κ1) is 114. The Hall–Kier alpha value is -8.66. The van der Waals surface area contributed by atoms with E-state index in [1.165, 1.54) is 91.7 Å². The van der Waals surface area contributed by atoms with E-state index in [4.69, 9.17) is 18.9 Å². The van der Waals surface area contributed by atoms with E-state index < -0.39 is 71.7 Å². The molecule has 3 N–H and O–H groups in total. The summed E-state index contributed by atoms with van der Waals surface area (Å²) in [5, 5.41) is 120. The van der Waals surface area contributed by atoms with Crippen LogP contribution in [-0.4, -0.2) is 183 Å². The number of aryl methyl sites for hydroxylation is 1. The molecule has 119 heavy (non-hydrogen) atoms. The van der Waals surface area contributed by atoms with Crippen molar-refractivity contribution < 1.29 is 110 Å². The molecule has 0 saturated carbocycles. The summed E-state index contributed by atoms with van der Waals surface area (Å²) in [5.41, 5.74) is 2.20. The molecule has 0 aliphatic heterocycles. The van der Waals surface area contributed by atoms with Gasteiger partial charge in [0.25, 0.3) is 0 Å². The van der Waals surface area contributed by atoms with Crippen LogP contribution in [0.25, 0.3) is 24.3 Å². The van der Waals surface area contributed by atoms with Crippen molar-refractivity contribution in [3.63, 3.8) is 0 Å². The molecule has 8 rings (SSSR count). The summed E-state index contributed by atoms with van der Waals surface area (Å²) in [4.78, 5) is 78.1. The molecule has 0 aliphatic rings. The second-order valence-corrected chi connectivity index (χ2v) is 53.7. The van der Waals surface area contributed by atoms with Crippen molar-refractivity contribution in [2.24, 2.45) is 0 Å².